The zero-order chi connectivity index (χ0) is 13.6. The van der Waals surface area contributed by atoms with Crippen LogP contribution in [0, 0.1) is 0 Å². The minimum atomic E-state index is -4.60. The standard InChI is InChI=1S/C10H10F3NO3S/c11-10(12,13)8-4-3-7(18(14,15)16)5-9(8)17-6-1-2-6/h3-6H,1-2H2,(H2,14,15,16). The molecular formula is C10H10F3NO3S. The smallest absolute Gasteiger partial charge is 0.419 e. The topological polar surface area (TPSA) is 69.4 Å². The molecule has 1 fully saturated rings. The van der Waals surface area contributed by atoms with Crippen LogP contribution >= 0.6 is 0 Å². The van der Waals surface area contributed by atoms with Gasteiger partial charge in [0, 0.05) is 6.07 Å². The van der Waals surface area contributed by atoms with Crippen LogP contribution in [-0.2, 0) is 16.2 Å². The Bertz CT molecular complexity index is 564. The fourth-order valence-corrected chi connectivity index (χ4v) is 1.91. The lowest BCUT2D eigenvalue weighted by Crippen LogP contribution is -2.15. The second-order valence-electron chi connectivity index (χ2n) is 4.02. The van der Waals surface area contributed by atoms with Crippen molar-refractivity contribution in [2.45, 2.75) is 30.0 Å². The molecule has 0 saturated heterocycles. The molecule has 1 aliphatic rings. The van der Waals surface area contributed by atoms with E-state index in [-0.39, 0.29) is 6.10 Å². The molecule has 4 nitrogen and oxygen atoms in total. The molecular weight excluding hydrogens is 271 g/mol. The summed E-state index contributed by atoms with van der Waals surface area (Å²) in [6, 6.07) is 2.30. The van der Waals surface area contributed by atoms with Crippen molar-refractivity contribution in [3.63, 3.8) is 0 Å². The molecule has 0 unspecified atom stereocenters. The van der Waals surface area contributed by atoms with E-state index < -0.39 is 32.4 Å². The molecule has 8 heteroatoms. The van der Waals surface area contributed by atoms with E-state index >= 15 is 0 Å². The van der Waals surface area contributed by atoms with Crippen LogP contribution in [-0.4, -0.2) is 14.5 Å². The van der Waals surface area contributed by atoms with Crippen LogP contribution in [0.2, 0.25) is 0 Å². The molecule has 0 atom stereocenters. The highest BCUT2D eigenvalue weighted by Crippen LogP contribution is 2.39. The molecule has 0 heterocycles. The minimum absolute atomic E-state index is 0.276. The van der Waals surface area contributed by atoms with Crippen LogP contribution in [0.3, 0.4) is 0 Å². The van der Waals surface area contributed by atoms with Gasteiger partial charge in [-0.1, -0.05) is 0 Å². The number of nitrogens with two attached hydrogens (primary N) is 1. The van der Waals surface area contributed by atoms with Crippen molar-refractivity contribution in [1.82, 2.24) is 0 Å². The fourth-order valence-electron chi connectivity index (χ4n) is 1.38. The number of sulfonamides is 1. The lowest BCUT2D eigenvalue weighted by atomic mass is 10.2. The zero-order valence-electron chi connectivity index (χ0n) is 9.07. The second kappa shape index (κ2) is 4.13. The quantitative estimate of drug-likeness (QED) is 0.919. The van der Waals surface area contributed by atoms with Crippen LogP contribution in [0.4, 0.5) is 13.2 Å². The summed E-state index contributed by atoms with van der Waals surface area (Å²) in [5.41, 5.74) is -0.998. The van der Waals surface area contributed by atoms with Gasteiger partial charge in [0.1, 0.15) is 5.75 Å². The Morgan fingerprint density at radius 3 is 2.33 bits per heavy atom. The third kappa shape index (κ3) is 2.94. The first-order valence-corrected chi connectivity index (χ1v) is 6.63. The van der Waals surface area contributed by atoms with Gasteiger partial charge in [0.2, 0.25) is 10.0 Å². The summed E-state index contributed by atoms with van der Waals surface area (Å²) in [5, 5.41) is 4.87. The minimum Gasteiger partial charge on any atom is -0.490 e. The van der Waals surface area contributed by atoms with Crippen LogP contribution in [0.1, 0.15) is 18.4 Å². The van der Waals surface area contributed by atoms with E-state index in [1.807, 2.05) is 0 Å². The summed E-state index contributed by atoms with van der Waals surface area (Å²) in [7, 11) is -4.05. The summed E-state index contributed by atoms with van der Waals surface area (Å²) in [6.07, 6.45) is -3.55. The zero-order valence-corrected chi connectivity index (χ0v) is 9.88. The highest BCUT2D eigenvalue weighted by atomic mass is 32.2. The highest BCUT2D eigenvalue weighted by molar-refractivity contribution is 7.89. The molecule has 1 aliphatic carbocycles. The predicted octanol–water partition coefficient (Wildman–Crippen LogP) is 1.89. The number of halogens is 3. The maximum Gasteiger partial charge on any atom is 0.419 e. The maximum atomic E-state index is 12.7. The molecule has 1 saturated carbocycles. The SMILES string of the molecule is NS(=O)(=O)c1ccc(C(F)(F)F)c(OC2CC2)c1. The Kier molecular flexibility index (Phi) is 3.02. The molecule has 2 rings (SSSR count). The van der Waals surface area contributed by atoms with Gasteiger partial charge in [0.15, 0.2) is 0 Å². The third-order valence-corrected chi connectivity index (χ3v) is 3.32. The largest absolute Gasteiger partial charge is 0.490 e. The van der Waals surface area contributed by atoms with Crippen molar-refractivity contribution in [3.05, 3.63) is 23.8 Å². The van der Waals surface area contributed by atoms with Crippen molar-refractivity contribution < 1.29 is 26.3 Å². The van der Waals surface area contributed by atoms with Gasteiger partial charge < -0.3 is 4.74 Å². The highest BCUT2D eigenvalue weighted by Gasteiger charge is 2.36. The van der Waals surface area contributed by atoms with E-state index in [9.17, 15) is 21.6 Å². The Hall–Kier alpha value is -1.28. The number of ether oxygens (including phenoxy) is 1. The lowest BCUT2D eigenvalue weighted by Gasteiger charge is -2.14. The first-order valence-electron chi connectivity index (χ1n) is 5.08. The van der Waals surface area contributed by atoms with Gasteiger partial charge in [0.25, 0.3) is 0 Å². The van der Waals surface area contributed by atoms with Crippen molar-refractivity contribution in [3.8, 4) is 5.75 Å². The summed E-state index contributed by atoms with van der Waals surface area (Å²) < 4.78 is 65.3. The van der Waals surface area contributed by atoms with Gasteiger partial charge in [-0.15, -0.1) is 0 Å². The number of rotatable bonds is 3. The Morgan fingerprint density at radius 2 is 1.89 bits per heavy atom. The molecule has 1 aromatic rings. The van der Waals surface area contributed by atoms with Gasteiger partial charge in [0.05, 0.1) is 16.6 Å². The number of hydrogen-bond donors (Lipinski definition) is 1. The Labute approximate surface area is 102 Å². The third-order valence-electron chi connectivity index (χ3n) is 2.41. The van der Waals surface area contributed by atoms with Gasteiger partial charge >= 0.3 is 6.18 Å². The predicted molar refractivity (Wildman–Crippen MR) is 56.5 cm³/mol. The summed E-state index contributed by atoms with van der Waals surface area (Å²) in [4.78, 5) is -0.397. The maximum absolute atomic E-state index is 12.7. The van der Waals surface area contributed by atoms with E-state index in [4.69, 9.17) is 9.88 Å². The molecule has 0 aromatic heterocycles. The Morgan fingerprint density at radius 1 is 1.28 bits per heavy atom. The van der Waals surface area contributed by atoms with Crippen LogP contribution in [0.5, 0.6) is 5.75 Å². The molecule has 1 aromatic carbocycles. The molecule has 100 valence electrons. The molecule has 0 aliphatic heterocycles. The van der Waals surface area contributed by atoms with Crippen LogP contribution < -0.4 is 9.88 Å². The van der Waals surface area contributed by atoms with E-state index in [2.05, 4.69) is 0 Å². The summed E-state index contributed by atoms with van der Waals surface area (Å²) in [6.45, 7) is 0. The average Bonchev–Trinajstić information content (AvgIpc) is 2.98. The van der Waals surface area contributed by atoms with Gasteiger partial charge in [-0.25, -0.2) is 13.6 Å². The normalized spacial score (nSPS) is 16.7. The van der Waals surface area contributed by atoms with E-state index in [0.717, 1.165) is 12.1 Å². The van der Waals surface area contributed by atoms with E-state index in [1.165, 1.54) is 0 Å². The summed E-state index contributed by atoms with van der Waals surface area (Å²) in [5.74, 6) is -0.489. The summed E-state index contributed by atoms with van der Waals surface area (Å²) >= 11 is 0. The molecule has 2 N–H and O–H groups in total. The monoisotopic (exact) mass is 281 g/mol. The van der Waals surface area contributed by atoms with Crippen molar-refractivity contribution in [1.29, 1.82) is 0 Å². The van der Waals surface area contributed by atoms with Crippen LogP contribution in [0.15, 0.2) is 23.1 Å². The number of hydrogen-bond acceptors (Lipinski definition) is 3. The molecule has 0 amide bonds. The van der Waals surface area contributed by atoms with Gasteiger partial charge in [-0.2, -0.15) is 13.2 Å². The molecule has 0 bridgehead atoms. The lowest BCUT2D eigenvalue weighted by molar-refractivity contribution is -0.139. The van der Waals surface area contributed by atoms with Crippen molar-refractivity contribution in [2.24, 2.45) is 5.14 Å². The van der Waals surface area contributed by atoms with E-state index in [1.54, 1.807) is 0 Å². The Balaban J connectivity index is 2.47. The second-order valence-corrected chi connectivity index (χ2v) is 5.58. The van der Waals surface area contributed by atoms with Crippen molar-refractivity contribution >= 4 is 10.0 Å². The molecule has 0 spiro atoms. The number of alkyl halides is 3. The molecule has 0 radical (unpaired) electrons. The number of primary sulfonamides is 1. The first-order chi connectivity index (χ1) is 8.18. The fraction of sp³-hybridized carbons (Fsp3) is 0.400. The van der Waals surface area contributed by atoms with E-state index in [0.29, 0.717) is 18.9 Å². The molecule has 18 heavy (non-hydrogen) atoms. The average molecular weight is 281 g/mol. The van der Waals surface area contributed by atoms with Crippen molar-refractivity contribution in [2.75, 3.05) is 0 Å². The first kappa shape index (κ1) is 13.2. The van der Waals surface area contributed by atoms with Crippen LogP contribution in [0.25, 0.3) is 0 Å². The van der Waals surface area contributed by atoms with Gasteiger partial charge in [-0.3, -0.25) is 0 Å². The van der Waals surface area contributed by atoms with Gasteiger partial charge in [-0.05, 0) is 25.0 Å². The number of benzene rings is 1.